The third-order valence-corrected chi connectivity index (χ3v) is 3.74. The second kappa shape index (κ2) is 9.19. The lowest BCUT2D eigenvalue weighted by molar-refractivity contribution is -0.148. The van der Waals surface area contributed by atoms with Gasteiger partial charge in [0.2, 0.25) is 0 Å². The smallest absolute Gasteiger partial charge is 0.331 e. The van der Waals surface area contributed by atoms with Gasteiger partial charge in [0.15, 0.2) is 6.10 Å². The summed E-state index contributed by atoms with van der Waals surface area (Å²) in [5.41, 5.74) is 3.13. The zero-order chi connectivity index (χ0) is 18.9. The Kier molecular flexibility index (Phi) is 6.69. The molecule has 0 radical (unpaired) electrons. The molecule has 0 aliphatic heterocycles. The van der Waals surface area contributed by atoms with Crippen molar-refractivity contribution in [1.82, 2.24) is 0 Å². The number of esters is 1. The topological polar surface area (TPSA) is 79.2 Å². The molecule has 0 bridgehead atoms. The molecule has 132 valence electrons. The first-order valence-corrected chi connectivity index (χ1v) is 8.30. The van der Waals surface area contributed by atoms with Gasteiger partial charge in [0.1, 0.15) is 0 Å². The fourth-order valence-electron chi connectivity index (χ4n) is 2.17. The number of rotatable bonds is 6. The van der Waals surface area contributed by atoms with Crippen LogP contribution in [0.25, 0.3) is 6.08 Å². The molecule has 0 aromatic heterocycles. The van der Waals surface area contributed by atoms with Gasteiger partial charge in [-0.15, -0.1) is 0 Å². The summed E-state index contributed by atoms with van der Waals surface area (Å²) in [6, 6.07) is 16.3. The summed E-state index contributed by atoms with van der Waals surface area (Å²) < 4.78 is 5.11. The van der Waals surface area contributed by atoms with Crippen LogP contribution in [0.1, 0.15) is 30.5 Å². The molecule has 1 amide bonds. The highest BCUT2D eigenvalue weighted by atomic mass is 16.5. The number of carbonyl (C=O) groups is 2. The van der Waals surface area contributed by atoms with E-state index in [1.165, 1.54) is 18.6 Å². The highest BCUT2D eigenvalue weighted by Gasteiger charge is 2.16. The number of carbonyl (C=O) groups excluding carboxylic acids is 2. The van der Waals surface area contributed by atoms with Crippen LogP contribution in [0.4, 0.5) is 5.69 Å². The maximum Gasteiger partial charge on any atom is 0.331 e. The molecule has 26 heavy (non-hydrogen) atoms. The van der Waals surface area contributed by atoms with Crippen LogP contribution in [0.15, 0.2) is 54.6 Å². The van der Waals surface area contributed by atoms with E-state index in [1.807, 2.05) is 30.3 Å². The van der Waals surface area contributed by atoms with Crippen LogP contribution < -0.4 is 5.32 Å². The van der Waals surface area contributed by atoms with Crippen LogP contribution >= 0.6 is 0 Å². The minimum absolute atomic E-state index is 0.394. The molecule has 0 aliphatic rings. The summed E-state index contributed by atoms with van der Waals surface area (Å²) >= 11 is 0. The molecule has 1 N–H and O–H groups in total. The van der Waals surface area contributed by atoms with Crippen LogP contribution in [-0.2, 0) is 20.7 Å². The number of benzene rings is 2. The van der Waals surface area contributed by atoms with Crippen LogP contribution in [-0.4, -0.2) is 18.0 Å². The molecule has 5 heteroatoms. The van der Waals surface area contributed by atoms with E-state index in [-0.39, 0.29) is 0 Å². The summed E-state index contributed by atoms with van der Waals surface area (Å²) in [6.07, 6.45) is 2.83. The monoisotopic (exact) mass is 348 g/mol. The van der Waals surface area contributed by atoms with E-state index in [9.17, 15) is 9.59 Å². The predicted octanol–water partition coefficient (Wildman–Crippen LogP) is 3.70. The highest BCUT2D eigenvalue weighted by Crippen LogP contribution is 2.11. The minimum atomic E-state index is -0.918. The van der Waals surface area contributed by atoms with E-state index in [4.69, 9.17) is 10.00 Å². The van der Waals surface area contributed by atoms with E-state index in [1.54, 1.807) is 30.3 Å². The van der Waals surface area contributed by atoms with E-state index in [0.717, 1.165) is 12.0 Å². The number of hydrogen-bond acceptors (Lipinski definition) is 4. The van der Waals surface area contributed by atoms with E-state index < -0.39 is 18.0 Å². The summed E-state index contributed by atoms with van der Waals surface area (Å²) in [7, 11) is 0. The van der Waals surface area contributed by atoms with E-state index in [0.29, 0.717) is 11.3 Å². The number of nitrogens with one attached hydrogen (secondary N) is 1. The van der Waals surface area contributed by atoms with Gasteiger partial charge in [-0.25, -0.2) is 4.79 Å². The number of nitrogens with zero attached hydrogens (tertiary/aromatic N) is 1. The molecule has 2 rings (SSSR count). The minimum Gasteiger partial charge on any atom is -0.449 e. The molecule has 5 nitrogen and oxygen atoms in total. The van der Waals surface area contributed by atoms with Crippen molar-refractivity contribution in [2.75, 3.05) is 5.32 Å². The zero-order valence-corrected chi connectivity index (χ0v) is 14.7. The van der Waals surface area contributed by atoms with Crippen molar-refractivity contribution in [3.63, 3.8) is 0 Å². The van der Waals surface area contributed by atoms with Crippen molar-refractivity contribution < 1.29 is 14.3 Å². The number of aryl methyl sites for hydroxylation is 1. The number of amides is 1. The van der Waals surface area contributed by atoms with Crippen molar-refractivity contribution in [2.24, 2.45) is 0 Å². The van der Waals surface area contributed by atoms with Crippen LogP contribution in [0.5, 0.6) is 0 Å². The Morgan fingerprint density at radius 1 is 1.15 bits per heavy atom. The van der Waals surface area contributed by atoms with Gasteiger partial charge in [-0.1, -0.05) is 31.2 Å². The molecular formula is C21H20N2O3. The Balaban J connectivity index is 1.87. The number of nitriles is 1. The van der Waals surface area contributed by atoms with Gasteiger partial charge in [-0.2, -0.15) is 5.26 Å². The Labute approximate surface area is 152 Å². The fraction of sp³-hybridized carbons (Fsp3) is 0.190. The fourth-order valence-corrected chi connectivity index (χ4v) is 2.17. The molecule has 0 aliphatic carbocycles. The maximum atomic E-state index is 12.1. The zero-order valence-electron chi connectivity index (χ0n) is 14.7. The Bertz CT molecular complexity index is 831. The van der Waals surface area contributed by atoms with Gasteiger partial charge < -0.3 is 10.1 Å². The number of anilines is 1. The highest BCUT2D eigenvalue weighted by molar-refractivity contribution is 5.96. The summed E-state index contributed by atoms with van der Waals surface area (Å²) in [4.78, 5) is 24.0. The summed E-state index contributed by atoms with van der Waals surface area (Å²) in [5.74, 6) is -1.01. The Morgan fingerprint density at radius 2 is 1.81 bits per heavy atom. The average molecular weight is 348 g/mol. The van der Waals surface area contributed by atoms with Crippen molar-refractivity contribution in [3.05, 3.63) is 71.3 Å². The molecule has 0 unspecified atom stereocenters. The van der Waals surface area contributed by atoms with Gasteiger partial charge in [-0.05, 0) is 54.8 Å². The summed E-state index contributed by atoms with van der Waals surface area (Å²) in [5, 5.41) is 11.5. The molecular weight excluding hydrogens is 328 g/mol. The van der Waals surface area contributed by atoms with Crippen LogP contribution in [0.2, 0.25) is 0 Å². The van der Waals surface area contributed by atoms with Crippen LogP contribution in [0, 0.1) is 11.3 Å². The molecule has 0 saturated heterocycles. The second-order valence-corrected chi connectivity index (χ2v) is 5.69. The van der Waals surface area contributed by atoms with Crippen LogP contribution in [0.3, 0.4) is 0 Å². The lowest BCUT2D eigenvalue weighted by Crippen LogP contribution is -2.29. The molecule has 0 fully saturated rings. The van der Waals surface area contributed by atoms with Gasteiger partial charge in [-0.3, -0.25) is 4.79 Å². The predicted molar refractivity (Wildman–Crippen MR) is 100 cm³/mol. The van der Waals surface area contributed by atoms with Crippen molar-refractivity contribution >= 4 is 23.6 Å². The Morgan fingerprint density at radius 3 is 2.38 bits per heavy atom. The normalized spacial score (nSPS) is 11.6. The van der Waals surface area contributed by atoms with E-state index >= 15 is 0 Å². The first-order valence-electron chi connectivity index (χ1n) is 8.30. The second-order valence-electron chi connectivity index (χ2n) is 5.69. The van der Waals surface area contributed by atoms with E-state index in [2.05, 4.69) is 12.2 Å². The van der Waals surface area contributed by atoms with Crippen molar-refractivity contribution in [3.8, 4) is 6.07 Å². The largest absolute Gasteiger partial charge is 0.449 e. The number of ether oxygens (including phenoxy) is 1. The molecule has 2 aromatic carbocycles. The third-order valence-electron chi connectivity index (χ3n) is 3.74. The lowest BCUT2D eigenvalue weighted by Gasteiger charge is -2.12. The SMILES string of the molecule is CCc1ccc(NC(=O)[C@H](C)OC(=O)/C=C/c2ccc(C#N)cc2)cc1. The first kappa shape index (κ1) is 18.9. The summed E-state index contributed by atoms with van der Waals surface area (Å²) in [6.45, 7) is 3.57. The molecule has 2 aromatic rings. The maximum absolute atomic E-state index is 12.1. The Hall–Kier alpha value is -3.39. The molecule has 0 heterocycles. The van der Waals surface area contributed by atoms with Gasteiger partial charge in [0.25, 0.3) is 5.91 Å². The molecule has 1 atom stereocenters. The molecule has 0 spiro atoms. The standard InChI is InChI=1S/C21H20N2O3/c1-3-16-8-11-19(12-9-16)23-21(25)15(2)26-20(24)13-10-17-4-6-18(14-22)7-5-17/h4-13,15H,3H2,1-2H3,(H,23,25)/b13-10+/t15-/m0/s1. The first-order chi connectivity index (χ1) is 12.5. The van der Waals surface area contributed by atoms with Gasteiger partial charge >= 0.3 is 5.97 Å². The van der Waals surface area contributed by atoms with Crippen molar-refractivity contribution in [1.29, 1.82) is 5.26 Å². The molecule has 0 saturated carbocycles. The lowest BCUT2D eigenvalue weighted by atomic mass is 10.1. The quantitative estimate of drug-likeness (QED) is 0.637. The van der Waals surface area contributed by atoms with Crippen molar-refractivity contribution in [2.45, 2.75) is 26.4 Å². The average Bonchev–Trinajstić information content (AvgIpc) is 2.67. The third kappa shape index (κ3) is 5.60. The number of hydrogen-bond donors (Lipinski definition) is 1. The van der Waals surface area contributed by atoms with Gasteiger partial charge in [0.05, 0.1) is 11.6 Å². The van der Waals surface area contributed by atoms with Gasteiger partial charge in [0, 0.05) is 11.8 Å².